The third-order valence-corrected chi connectivity index (χ3v) is 3.98. The molecule has 0 bridgehead atoms. The monoisotopic (exact) mass is 383 g/mol. The maximum Gasteiger partial charge on any atom is 0.279 e. The van der Waals surface area contributed by atoms with E-state index in [1.807, 2.05) is 18.2 Å². The molecule has 148 valence electrons. The first-order valence-corrected chi connectivity index (χ1v) is 9.17. The van der Waals surface area contributed by atoms with Crippen LogP contribution >= 0.6 is 0 Å². The summed E-state index contributed by atoms with van der Waals surface area (Å²) in [5.41, 5.74) is 6.43. The van der Waals surface area contributed by atoms with Crippen LogP contribution in [0.4, 0.5) is 5.69 Å². The van der Waals surface area contributed by atoms with Gasteiger partial charge in [-0.2, -0.15) is 0 Å². The van der Waals surface area contributed by atoms with Crippen LogP contribution < -0.4 is 20.9 Å². The fourth-order valence-corrected chi connectivity index (χ4v) is 2.33. The lowest BCUT2D eigenvalue weighted by molar-refractivity contribution is -0.133. The van der Waals surface area contributed by atoms with E-state index >= 15 is 0 Å². The Morgan fingerprint density at radius 1 is 0.893 bits per heavy atom. The van der Waals surface area contributed by atoms with E-state index in [0.717, 1.165) is 6.42 Å². The molecule has 0 fully saturated rings. The predicted octanol–water partition coefficient (Wildman–Crippen LogP) is 2.58. The maximum absolute atomic E-state index is 12.0. The summed E-state index contributed by atoms with van der Waals surface area (Å²) >= 11 is 0. The van der Waals surface area contributed by atoms with Gasteiger partial charge in [0.2, 0.25) is 11.8 Å². The highest BCUT2D eigenvalue weighted by atomic mass is 16.5. The third-order valence-electron chi connectivity index (χ3n) is 3.98. The highest BCUT2D eigenvalue weighted by Crippen LogP contribution is 2.14. The Hall–Kier alpha value is -3.35. The molecule has 0 aliphatic rings. The molecular weight excluding hydrogens is 358 g/mol. The second-order valence-corrected chi connectivity index (χ2v) is 6.21. The zero-order valence-corrected chi connectivity index (χ0v) is 16.0. The molecule has 0 radical (unpaired) electrons. The van der Waals surface area contributed by atoms with Gasteiger partial charge in [0.1, 0.15) is 5.75 Å². The maximum atomic E-state index is 12.0. The molecule has 7 nitrogen and oxygen atoms in total. The molecule has 0 aromatic heterocycles. The fraction of sp³-hybridized carbons (Fsp3) is 0.286. The van der Waals surface area contributed by atoms with Crippen molar-refractivity contribution < 1.29 is 19.1 Å². The summed E-state index contributed by atoms with van der Waals surface area (Å²) in [4.78, 5) is 35.6. The summed E-state index contributed by atoms with van der Waals surface area (Å²) in [7, 11) is 0. The zero-order chi connectivity index (χ0) is 20.4. The number of nitrogens with one attached hydrogen (secondary N) is 3. The average Bonchev–Trinajstić information content (AvgIpc) is 2.71. The minimum atomic E-state index is -0.783. The van der Waals surface area contributed by atoms with E-state index in [1.54, 1.807) is 43.3 Å². The highest BCUT2D eigenvalue weighted by Gasteiger charge is 2.16. The van der Waals surface area contributed by atoms with Crippen molar-refractivity contribution in [2.24, 2.45) is 0 Å². The lowest BCUT2D eigenvalue weighted by Crippen LogP contribution is -2.47. The van der Waals surface area contributed by atoms with Crippen LogP contribution in [0.25, 0.3) is 0 Å². The second kappa shape index (κ2) is 10.7. The summed E-state index contributed by atoms with van der Waals surface area (Å²) in [5, 5.41) is 2.69. The molecule has 2 rings (SSSR count). The lowest BCUT2D eigenvalue weighted by atomic mass is 10.2. The molecule has 1 atom stereocenters. The van der Waals surface area contributed by atoms with E-state index in [2.05, 4.69) is 23.1 Å². The Kier molecular flexibility index (Phi) is 8.02. The quantitative estimate of drug-likeness (QED) is 0.611. The Balaban J connectivity index is 1.67. The van der Waals surface area contributed by atoms with Crippen molar-refractivity contribution in [3.8, 4) is 5.75 Å². The van der Waals surface area contributed by atoms with Gasteiger partial charge < -0.3 is 10.1 Å². The topological polar surface area (TPSA) is 96.5 Å². The number of anilines is 1. The molecule has 3 amide bonds. The normalized spacial score (nSPS) is 11.2. The summed E-state index contributed by atoms with van der Waals surface area (Å²) in [6.45, 7) is 3.64. The van der Waals surface area contributed by atoms with Crippen molar-refractivity contribution in [3.63, 3.8) is 0 Å². The molecule has 0 aliphatic carbocycles. The van der Waals surface area contributed by atoms with E-state index in [0.29, 0.717) is 11.4 Å². The fourth-order valence-electron chi connectivity index (χ4n) is 2.33. The molecule has 2 aromatic rings. The van der Waals surface area contributed by atoms with Crippen LogP contribution in [0, 0.1) is 0 Å². The number of hydrogen-bond acceptors (Lipinski definition) is 4. The standard InChI is InChI=1S/C21H25N3O4/c1-3-16-9-11-18(12-10-16)28-15(2)21(27)24-23-20(26)14-13-19(25)22-17-7-5-4-6-8-17/h4-12,15H,3,13-14H2,1-2H3,(H,22,25)(H,23,26)(H,24,27)/t15-/m1/s1. The Bertz CT molecular complexity index is 791. The number of ether oxygens (including phenoxy) is 1. The van der Waals surface area contributed by atoms with Gasteiger partial charge in [-0.15, -0.1) is 0 Å². The van der Waals surface area contributed by atoms with Crippen molar-refractivity contribution in [2.45, 2.75) is 39.2 Å². The number of amides is 3. The number of rotatable bonds is 8. The van der Waals surface area contributed by atoms with Gasteiger partial charge in [-0.25, -0.2) is 0 Å². The summed E-state index contributed by atoms with van der Waals surface area (Å²) in [5.74, 6) is -0.652. The summed E-state index contributed by atoms with van der Waals surface area (Å²) < 4.78 is 5.55. The molecule has 3 N–H and O–H groups in total. The first kappa shape index (κ1) is 21.0. The molecule has 7 heteroatoms. The highest BCUT2D eigenvalue weighted by molar-refractivity contribution is 5.93. The SMILES string of the molecule is CCc1ccc(O[C@H](C)C(=O)NNC(=O)CCC(=O)Nc2ccccc2)cc1. The van der Waals surface area contributed by atoms with Crippen molar-refractivity contribution in [2.75, 3.05) is 5.32 Å². The first-order valence-electron chi connectivity index (χ1n) is 9.17. The predicted molar refractivity (Wildman–Crippen MR) is 107 cm³/mol. The Morgan fingerprint density at radius 3 is 2.18 bits per heavy atom. The molecule has 0 saturated heterocycles. The number of aryl methyl sites for hydroxylation is 1. The zero-order valence-electron chi connectivity index (χ0n) is 16.0. The van der Waals surface area contributed by atoms with Gasteiger partial charge in [-0.1, -0.05) is 37.3 Å². The number of carbonyl (C=O) groups is 3. The minimum Gasteiger partial charge on any atom is -0.481 e. The van der Waals surface area contributed by atoms with Gasteiger partial charge in [-0.3, -0.25) is 25.2 Å². The van der Waals surface area contributed by atoms with Crippen molar-refractivity contribution in [1.29, 1.82) is 0 Å². The number of hydrogen-bond donors (Lipinski definition) is 3. The van der Waals surface area contributed by atoms with Crippen LogP contribution in [0.15, 0.2) is 54.6 Å². The summed E-state index contributed by atoms with van der Waals surface area (Å²) in [6, 6.07) is 16.4. The van der Waals surface area contributed by atoms with E-state index in [-0.39, 0.29) is 18.7 Å². The van der Waals surface area contributed by atoms with E-state index in [4.69, 9.17) is 4.74 Å². The van der Waals surface area contributed by atoms with Gasteiger partial charge in [-0.05, 0) is 43.2 Å². The lowest BCUT2D eigenvalue weighted by Gasteiger charge is -2.15. The van der Waals surface area contributed by atoms with Gasteiger partial charge in [0.25, 0.3) is 5.91 Å². The van der Waals surface area contributed by atoms with Crippen LogP contribution in [0.3, 0.4) is 0 Å². The van der Waals surface area contributed by atoms with E-state index in [9.17, 15) is 14.4 Å². The molecule has 0 heterocycles. The smallest absolute Gasteiger partial charge is 0.279 e. The van der Waals surface area contributed by atoms with Gasteiger partial charge in [0, 0.05) is 18.5 Å². The molecule has 28 heavy (non-hydrogen) atoms. The van der Waals surface area contributed by atoms with Crippen LogP contribution in [-0.2, 0) is 20.8 Å². The Labute approximate surface area is 164 Å². The van der Waals surface area contributed by atoms with Gasteiger partial charge in [0.15, 0.2) is 6.10 Å². The number of hydrazine groups is 1. The van der Waals surface area contributed by atoms with Gasteiger partial charge in [0.05, 0.1) is 0 Å². The molecule has 0 saturated carbocycles. The summed E-state index contributed by atoms with van der Waals surface area (Å²) in [6.07, 6.45) is 0.0966. The average molecular weight is 383 g/mol. The van der Waals surface area contributed by atoms with Crippen LogP contribution in [0.1, 0.15) is 32.3 Å². The molecule has 0 unspecified atom stereocenters. The molecular formula is C21H25N3O4. The van der Waals surface area contributed by atoms with Crippen molar-refractivity contribution >= 4 is 23.4 Å². The van der Waals surface area contributed by atoms with E-state index in [1.165, 1.54) is 5.56 Å². The van der Waals surface area contributed by atoms with Crippen LogP contribution in [0.5, 0.6) is 5.75 Å². The molecule has 0 aliphatic heterocycles. The van der Waals surface area contributed by atoms with Gasteiger partial charge >= 0.3 is 0 Å². The van der Waals surface area contributed by atoms with Crippen molar-refractivity contribution in [1.82, 2.24) is 10.9 Å². The molecule has 0 spiro atoms. The molecule has 2 aromatic carbocycles. The second-order valence-electron chi connectivity index (χ2n) is 6.21. The Morgan fingerprint density at radius 2 is 1.54 bits per heavy atom. The number of benzene rings is 2. The van der Waals surface area contributed by atoms with E-state index < -0.39 is 17.9 Å². The third kappa shape index (κ3) is 7.11. The first-order chi connectivity index (χ1) is 13.5. The number of carbonyl (C=O) groups excluding carboxylic acids is 3. The largest absolute Gasteiger partial charge is 0.481 e. The van der Waals surface area contributed by atoms with Crippen molar-refractivity contribution in [3.05, 3.63) is 60.2 Å². The van der Waals surface area contributed by atoms with Crippen LogP contribution in [0.2, 0.25) is 0 Å². The number of para-hydroxylation sites is 1. The van der Waals surface area contributed by atoms with Crippen LogP contribution in [-0.4, -0.2) is 23.8 Å². The minimum absolute atomic E-state index is 0.00638.